The van der Waals surface area contributed by atoms with Gasteiger partial charge in [0.15, 0.2) is 0 Å². The van der Waals surface area contributed by atoms with Crippen molar-refractivity contribution in [2.75, 3.05) is 5.75 Å². The molecule has 1 aromatic heterocycles. The molecule has 0 aliphatic heterocycles. The first-order chi connectivity index (χ1) is 6.74. The molecule has 0 amide bonds. The van der Waals surface area contributed by atoms with Gasteiger partial charge in [0.2, 0.25) is 0 Å². The molecule has 5 heteroatoms. The molecular formula is C9H12N2O2S. The summed E-state index contributed by atoms with van der Waals surface area (Å²) in [5, 5.41) is 11.6. The maximum Gasteiger partial charge on any atom is 0.321 e. The Bertz CT molecular complexity index is 292. The minimum atomic E-state index is -0.885. The lowest BCUT2D eigenvalue weighted by Crippen LogP contribution is -2.37. The van der Waals surface area contributed by atoms with Gasteiger partial charge in [-0.25, -0.2) is 0 Å². The monoisotopic (exact) mass is 212 g/mol. The van der Waals surface area contributed by atoms with Gasteiger partial charge < -0.3 is 5.11 Å². The summed E-state index contributed by atoms with van der Waals surface area (Å²) in [7, 11) is 0. The standard InChI is InChI=1S/C9H12N2O2S/c12-9(13)8(6-14)11-5-7-2-1-3-10-4-7/h1-4,8,11,14H,5-6H2,(H,12,13)/t8-/m1/s1. The predicted molar refractivity (Wildman–Crippen MR) is 56.4 cm³/mol. The quantitative estimate of drug-likeness (QED) is 0.624. The number of hydrogen-bond donors (Lipinski definition) is 3. The molecule has 4 nitrogen and oxygen atoms in total. The number of rotatable bonds is 5. The van der Waals surface area contributed by atoms with Crippen molar-refractivity contribution in [1.82, 2.24) is 10.3 Å². The zero-order valence-corrected chi connectivity index (χ0v) is 8.45. The summed E-state index contributed by atoms with van der Waals surface area (Å²) in [5.74, 6) is -0.612. The maximum absolute atomic E-state index is 10.6. The number of aromatic nitrogens is 1. The van der Waals surface area contributed by atoms with E-state index in [1.807, 2.05) is 12.1 Å². The normalized spacial score (nSPS) is 12.4. The van der Waals surface area contributed by atoms with E-state index in [2.05, 4.69) is 22.9 Å². The molecule has 0 aliphatic rings. The minimum Gasteiger partial charge on any atom is -0.480 e. The summed E-state index contributed by atoms with van der Waals surface area (Å²) in [6.45, 7) is 0.491. The highest BCUT2D eigenvalue weighted by Crippen LogP contribution is 1.96. The Morgan fingerprint density at radius 2 is 2.50 bits per heavy atom. The van der Waals surface area contributed by atoms with Gasteiger partial charge in [-0.05, 0) is 11.6 Å². The number of nitrogens with one attached hydrogen (secondary N) is 1. The maximum atomic E-state index is 10.6. The first-order valence-corrected chi connectivity index (χ1v) is 4.83. The first-order valence-electron chi connectivity index (χ1n) is 4.20. The van der Waals surface area contributed by atoms with E-state index in [-0.39, 0.29) is 5.75 Å². The second-order valence-corrected chi connectivity index (χ2v) is 3.18. The molecule has 0 unspecified atom stereocenters. The average molecular weight is 212 g/mol. The van der Waals surface area contributed by atoms with Crippen LogP contribution in [0.4, 0.5) is 0 Å². The molecule has 0 spiro atoms. The third kappa shape index (κ3) is 3.35. The van der Waals surface area contributed by atoms with Crippen LogP contribution < -0.4 is 5.32 Å². The van der Waals surface area contributed by atoms with Gasteiger partial charge in [-0.3, -0.25) is 15.1 Å². The molecule has 76 valence electrons. The van der Waals surface area contributed by atoms with Crippen molar-refractivity contribution < 1.29 is 9.90 Å². The zero-order valence-electron chi connectivity index (χ0n) is 7.55. The van der Waals surface area contributed by atoms with Crippen LogP contribution in [0.2, 0.25) is 0 Å². The molecule has 0 radical (unpaired) electrons. The van der Waals surface area contributed by atoms with Crippen LogP contribution >= 0.6 is 12.6 Å². The van der Waals surface area contributed by atoms with E-state index in [1.165, 1.54) is 0 Å². The molecular weight excluding hydrogens is 200 g/mol. The van der Waals surface area contributed by atoms with Crippen molar-refractivity contribution in [1.29, 1.82) is 0 Å². The van der Waals surface area contributed by atoms with Gasteiger partial charge in [-0.2, -0.15) is 12.6 Å². The second-order valence-electron chi connectivity index (χ2n) is 2.82. The summed E-state index contributed by atoms with van der Waals surface area (Å²) in [6.07, 6.45) is 3.38. The van der Waals surface area contributed by atoms with Crippen molar-refractivity contribution in [3.63, 3.8) is 0 Å². The third-order valence-corrected chi connectivity index (χ3v) is 2.12. The average Bonchev–Trinajstić information content (AvgIpc) is 2.20. The summed E-state index contributed by atoms with van der Waals surface area (Å²) in [5.41, 5.74) is 0.959. The molecule has 0 saturated carbocycles. The zero-order chi connectivity index (χ0) is 10.4. The van der Waals surface area contributed by atoms with Crippen LogP contribution in [-0.4, -0.2) is 27.9 Å². The van der Waals surface area contributed by atoms with E-state index in [0.717, 1.165) is 5.56 Å². The lowest BCUT2D eigenvalue weighted by Gasteiger charge is -2.10. The number of thiol groups is 1. The van der Waals surface area contributed by atoms with Gasteiger partial charge in [0.05, 0.1) is 0 Å². The van der Waals surface area contributed by atoms with Gasteiger partial charge in [0.25, 0.3) is 0 Å². The Hall–Kier alpha value is -1.07. The fraction of sp³-hybridized carbons (Fsp3) is 0.333. The molecule has 0 aromatic carbocycles. The summed E-state index contributed by atoms with van der Waals surface area (Å²) in [4.78, 5) is 14.6. The second kappa shape index (κ2) is 5.62. The number of carboxylic acid groups (broad SMARTS) is 1. The Morgan fingerprint density at radius 1 is 1.71 bits per heavy atom. The van der Waals surface area contributed by atoms with E-state index < -0.39 is 12.0 Å². The highest BCUT2D eigenvalue weighted by molar-refractivity contribution is 7.80. The third-order valence-electron chi connectivity index (χ3n) is 1.76. The smallest absolute Gasteiger partial charge is 0.321 e. The number of pyridine rings is 1. The minimum absolute atomic E-state index is 0.273. The summed E-state index contributed by atoms with van der Waals surface area (Å²) >= 11 is 3.94. The molecule has 1 aromatic rings. The first kappa shape index (κ1) is 11.0. The highest BCUT2D eigenvalue weighted by Gasteiger charge is 2.13. The Morgan fingerprint density at radius 3 is 3.00 bits per heavy atom. The van der Waals surface area contributed by atoms with Crippen molar-refractivity contribution in [2.24, 2.45) is 0 Å². The predicted octanol–water partition coefficient (Wildman–Crippen LogP) is 0.554. The number of nitrogens with zero attached hydrogens (tertiary/aromatic N) is 1. The van der Waals surface area contributed by atoms with E-state index in [9.17, 15) is 4.79 Å². The van der Waals surface area contributed by atoms with E-state index in [1.54, 1.807) is 12.4 Å². The number of aliphatic carboxylic acids is 1. The van der Waals surface area contributed by atoms with Crippen LogP contribution in [0, 0.1) is 0 Å². The number of carbonyl (C=O) groups is 1. The van der Waals surface area contributed by atoms with Crippen LogP contribution in [-0.2, 0) is 11.3 Å². The van der Waals surface area contributed by atoms with Crippen LogP contribution in [0.25, 0.3) is 0 Å². The van der Waals surface area contributed by atoms with Crippen LogP contribution in [0.5, 0.6) is 0 Å². The van der Waals surface area contributed by atoms with Gasteiger partial charge in [-0.1, -0.05) is 6.07 Å². The molecule has 1 rings (SSSR count). The highest BCUT2D eigenvalue weighted by atomic mass is 32.1. The SMILES string of the molecule is O=C(O)[C@@H](CS)NCc1cccnc1. The largest absolute Gasteiger partial charge is 0.480 e. The van der Waals surface area contributed by atoms with Gasteiger partial charge in [0.1, 0.15) is 6.04 Å². The molecule has 2 N–H and O–H groups in total. The fourth-order valence-electron chi connectivity index (χ4n) is 0.974. The molecule has 0 aliphatic carbocycles. The van der Waals surface area contributed by atoms with Gasteiger partial charge >= 0.3 is 5.97 Å². The molecule has 0 bridgehead atoms. The van der Waals surface area contributed by atoms with Crippen LogP contribution in [0.1, 0.15) is 5.56 Å². The topological polar surface area (TPSA) is 62.2 Å². The summed E-state index contributed by atoms with van der Waals surface area (Å²) in [6, 6.07) is 3.09. The van der Waals surface area contributed by atoms with E-state index in [4.69, 9.17) is 5.11 Å². The molecule has 0 saturated heterocycles. The van der Waals surface area contributed by atoms with Gasteiger partial charge in [-0.15, -0.1) is 0 Å². The molecule has 0 fully saturated rings. The van der Waals surface area contributed by atoms with Crippen molar-refractivity contribution in [2.45, 2.75) is 12.6 Å². The number of hydrogen-bond acceptors (Lipinski definition) is 4. The Balaban J connectivity index is 2.44. The van der Waals surface area contributed by atoms with Crippen LogP contribution in [0.3, 0.4) is 0 Å². The van der Waals surface area contributed by atoms with Crippen molar-refractivity contribution in [3.05, 3.63) is 30.1 Å². The Labute approximate surface area is 87.8 Å². The Kier molecular flexibility index (Phi) is 4.42. The summed E-state index contributed by atoms with van der Waals surface area (Å²) < 4.78 is 0. The van der Waals surface area contributed by atoms with E-state index >= 15 is 0 Å². The van der Waals surface area contributed by atoms with Gasteiger partial charge in [0, 0.05) is 24.7 Å². The lowest BCUT2D eigenvalue weighted by atomic mass is 10.2. The molecule has 1 atom stereocenters. The van der Waals surface area contributed by atoms with Crippen molar-refractivity contribution in [3.8, 4) is 0 Å². The number of carboxylic acids is 1. The van der Waals surface area contributed by atoms with E-state index in [0.29, 0.717) is 6.54 Å². The molecule has 1 heterocycles. The lowest BCUT2D eigenvalue weighted by molar-refractivity contribution is -0.138. The van der Waals surface area contributed by atoms with Crippen LogP contribution in [0.15, 0.2) is 24.5 Å². The fourth-order valence-corrected chi connectivity index (χ4v) is 1.26. The molecule has 14 heavy (non-hydrogen) atoms. The van der Waals surface area contributed by atoms with Crippen molar-refractivity contribution >= 4 is 18.6 Å².